The van der Waals surface area contributed by atoms with Crippen LogP contribution in [0.4, 0.5) is 4.39 Å². The lowest BCUT2D eigenvalue weighted by atomic mass is 10.1. The topological polar surface area (TPSA) is 15.3 Å². The Labute approximate surface area is 117 Å². The molecule has 1 aliphatic rings. The predicted molar refractivity (Wildman–Crippen MR) is 76.1 cm³/mol. The van der Waals surface area contributed by atoms with Gasteiger partial charge in [0.15, 0.2) is 0 Å². The quantitative estimate of drug-likeness (QED) is 0.922. The van der Waals surface area contributed by atoms with E-state index in [2.05, 4.69) is 40.0 Å². The highest BCUT2D eigenvalue weighted by atomic mass is 79.9. The Morgan fingerprint density at radius 2 is 2.28 bits per heavy atom. The van der Waals surface area contributed by atoms with Gasteiger partial charge < -0.3 is 5.32 Å². The van der Waals surface area contributed by atoms with E-state index in [4.69, 9.17) is 0 Å². The highest BCUT2D eigenvalue weighted by Crippen LogP contribution is 2.23. The molecule has 1 N–H and O–H groups in total. The third-order valence-corrected chi connectivity index (χ3v) is 4.49. The zero-order chi connectivity index (χ0) is 13.1. The van der Waals surface area contributed by atoms with Gasteiger partial charge >= 0.3 is 0 Å². The number of halogens is 2. The Morgan fingerprint density at radius 1 is 1.50 bits per heavy atom. The van der Waals surface area contributed by atoms with E-state index in [1.54, 1.807) is 6.07 Å². The summed E-state index contributed by atoms with van der Waals surface area (Å²) in [5.74, 6) is -0.177. The molecule has 0 spiro atoms. The van der Waals surface area contributed by atoms with E-state index in [-0.39, 0.29) is 5.82 Å². The van der Waals surface area contributed by atoms with Crippen molar-refractivity contribution in [1.29, 1.82) is 0 Å². The van der Waals surface area contributed by atoms with Gasteiger partial charge in [0, 0.05) is 31.7 Å². The van der Waals surface area contributed by atoms with Crippen molar-refractivity contribution in [3.05, 3.63) is 34.1 Å². The molecule has 100 valence electrons. The molecule has 1 saturated heterocycles. The number of nitrogens with zero attached hydrogens (tertiary/aromatic N) is 1. The summed E-state index contributed by atoms with van der Waals surface area (Å²) in [6, 6.07) is 6.30. The Bertz CT molecular complexity index is 411. The van der Waals surface area contributed by atoms with E-state index in [1.165, 1.54) is 6.07 Å². The van der Waals surface area contributed by atoms with Crippen molar-refractivity contribution in [2.45, 2.75) is 38.9 Å². The van der Waals surface area contributed by atoms with Crippen LogP contribution >= 0.6 is 15.9 Å². The van der Waals surface area contributed by atoms with Crippen LogP contribution in [0.5, 0.6) is 0 Å². The summed E-state index contributed by atoms with van der Waals surface area (Å²) < 4.78 is 14.1. The van der Waals surface area contributed by atoms with E-state index in [0.717, 1.165) is 31.6 Å². The van der Waals surface area contributed by atoms with Crippen molar-refractivity contribution in [2.75, 3.05) is 13.1 Å². The van der Waals surface area contributed by atoms with Gasteiger partial charge in [-0.25, -0.2) is 4.39 Å². The van der Waals surface area contributed by atoms with Crippen LogP contribution in [0.1, 0.15) is 25.8 Å². The Balaban J connectivity index is 2.13. The lowest BCUT2D eigenvalue weighted by Crippen LogP contribution is -2.54. The maximum atomic E-state index is 13.5. The summed E-state index contributed by atoms with van der Waals surface area (Å²) in [6.45, 7) is 7.24. The number of piperazine rings is 1. The van der Waals surface area contributed by atoms with E-state index in [9.17, 15) is 4.39 Å². The minimum absolute atomic E-state index is 0.177. The highest BCUT2D eigenvalue weighted by molar-refractivity contribution is 9.10. The summed E-state index contributed by atoms with van der Waals surface area (Å²) in [6.07, 6.45) is 1.12. The first-order valence-corrected chi connectivity index (χ1v) is 7.31. The van der Waals surface area contributed by atoms with Gasteiger partial charge in [-0.05, 0) is 40.9 Å². The first-order chi connectivity index (χ1) is 8.61. The molecule has 1 aromatic rings. The SMILES string of the molecule is CCC1CNC(C)CN1Cc1cccc(F)c1Br. The van der Waals surface area contributed by atoms with Crippen LogP contribution < -0.4 is 5.32 Å². The Hall–Kier alpha value is -0.450. The molecule has 1 heterocycles. The van der Waals surface area contributed by atoms with Crippen LogP contribution in [0.15, 0.2) is 22.7 Å². The largest absolute Gasteiger partial charge is 0.311 e. The standard InChI is InChI=1S/C14H20BrFN2/c1-3-12-7-17-10(2)8-18(12)9-11-5-4-6-13(16)14(11)15/h4-6,10,12,17H,3,7-9H2,1-2H3. The van der Waals surface area contributed by atoms with Gasteiger partial charge in [0.25, 0.3) is 0 Å². The van der Waals surface area contributed by atoms with Gasteiger partial charge in [0.05, 0.1) is 4.47 Å². The smallest absolute Gasteiger partial charge is 0.137 e. The molecule has 0 aliphatic carbocycles. The summed E-state index contributed by atoms with van der Waals surface area (Å²) in [5.41, 5.74) is 1.03. The van der Waals surface area contributed by atoms with Crippen molar-refractivity contribution in [2.24, 2.45) is 0 Å². The lowest BCUT2D eigenvalue weighted by Gasteiger charge is -2.39. The molecule has 0 bridgehead atoms. The number of benzene rings is 1. The van der Waals surface area contributed by atoms with Crippen LogP contribution in [0.25, 0.3) is 0 Å². The summed E-state index contributed by atoms with van der Waals surface area (Å²) in [5, 5.41) is 3.50. The summed E-state index contributed by atoms with van der Waals surface area (Å²) in [4.78, 5) is 2.45. The minimum atomic E-state index is -0.177. The molecule has 0 saturated carbocycles. The second-order valence-electron chi connectivity index (χ2n) is 5.01. The van der Waals surface area contributed by atoms with Crippen LogP contribution in [0.3, 0.4) is 0 Å². The fourth-order valence-corrected chi connectivity index (χ4v) is 2.91. The van der Waals surface area contributed by atoms with E-state index in [1.807, 2.05) is 6.07 Å². The molecule has 2 nitrogen and oxygen atoms in total. The molecular weight excluding hydrogens is 295 g/mol. The molecule has 2 rings (SSSR count). The molecule has 18 heavy (non-hydrogen) atoms. The number of hydrogen-bond donors (Lipinski definition) is 1. The number of hydrogen-bond acceptors (Lipinski definition) is 2. The Kier molecular flexibility index (Phi) is 4.76. The minimum Gasteiger partial charge on any atom is -0.311 e. The van der Waals surface area contributed by atoms with E-state index in [0.29, 0.717) is 16.6 Å². The molecule has 2 atom stereocenters. The molecule has 0 amide bonds. The van der Waals surface area contributed by atoms with Gasteiger partial charge in [-0.3, -0.25) is 4.90 Å². The molecule has 2 unspecified atom stereocenters. The van der Waals surface area contributed by atoms with Crippen molar-refractivity contribution >= 4 is 15.9 Å². The van der Waals surface area contributed by atoms with Crippen LogP contribution in [-0.2, 0) is 6.54 Å². The van der Waals surface area contributed by atoms with Gasteiger partial charge in [-0.2, -0.15) is 0 Å². The van der Waals surface area contributed by atoms with E-state index < -0.39 is 0 Å². The zero-order valence-electron chi connectivity index (χ0n) is 10.9. The van der Waals surface area contributed by atoms with Gasteiger partial charge in [-0.15, -0.1) is 0 Å². The zero-order valence-corrected chi connectivity index (χ0v) is 12.5. The molecule has 1 aliphatic heterocycles. The van der Waals surface area contributed by atoms with Gasteiger partial charge in [0.1, 0.15) is 5.82 Å². The van der Waals surface area contributed by atoms with Crippen LogP contribution in [0.2, 0.25) is 0 Å². The van der Waals surface area contributed by atoms with Crippen molar-refractivity contribution in [3.8, 4) is 0 Å². The second kappa shape index (κ2) is 6.13. The summed E-state index contributed by atoms with van der Waals surface area (Å²) >= 11 is 3.35. The average molecular weight is 315 g/mol. The van der Waals surface area contributed by atoms with Crippen LogP contribution in [-0.4, -0.2) is 30.1 Å². The van der Waals surface area contributed by atoms with Crippen LogP contribution in [0, 0.1) is 5.82 Å². The fourth-order valence-electron chi connectivity index (χ4n) is 2.52. The normalized spacial score (nSPS) is 25.3. The predicted octanol–water partition coefficient (Wildman–Crippen LogP) is 3.16. The highest BCUT2D eigenvalue weighted by Gasteiger charge is 2.25. The molecular formula is C14H20BrFN2. The lowest BCUT2D eigenvalue weighted by molar-refractivity contribution is 0.124. The molecule has 0 aromatic heterocycles. The maximum Gasteiger partial charge on any atom is 0.137 e. The van der Waals surface area contributed by atoms with Gasteiger partial charge in [0.2, 0.25) is 0 Å². The third kappa shape index (κ3) is 3.11. The van der Waals surface area contributed by atoms with Crippen molar-refractivity contribution < 1.29 is 4.39 Å². The fraction of sp³-hybridized carbons (Fsp3) is 0.571. The number of nitrogens with one attached hydrogen (secondary N) is 1. The van der Waals surface area contributed by atoms with E-state index >= 15 is 0 Å². The molecule has 0 radical (unpaired) electrons. The van der Waals surface area contributed by atoms with Crippen molar-refractivity contribution in [3.63, 3.8) is 0 Å². The van der Waals surface area contributed by atoms with Gasteiger partial charge in [-0.1, -0.05) is 19.1 Å². The molecule has 1 fully saturated rings. The monoisotopic (exact) mass is 314 g/mol. The average Bonchev–Trinajstić information content (AvgIpc) is 2.35. The molecule has 4 heteroatoms. The number of rotatable bonds is 3. The first kappa shape index (κ1) is 14.0. The first-order valence-electron chi connectivity index (χ1n) is 6.52. The molecule has 1 aromatic carbocycles. The van der Waals surface area contributed by atoms with Crippen molar-refractivity contribution in [1.82, 2.24) is 10.2 Å². The maximum absolute atomic E-state index is 13.5. The summed E-state index contributed by atoms with van der Waals surface area (Å²) in [7, 11) is 0. The Morgan fingerprint density at radius 3 is 3.00 bits per heavy atom. The third-order valence-electron chi connectivity index (χ3n) is 3.60. The second-order valence-corrected chi connectivity index (χ2v) is 5.81.